The van der Waals surface area contributed by atoms with Gasteiger partial charge in [0.05, 0.1) is 11.3 Å². The molecule has 0 fully saturated rings. The van der Waals surface area contributed by atoms with Gasteiger partial charge in [0.1, 0.15) is 0 Å². The molecule has 0 unspecified atom stereocenters. The first-order chi connectivity index (χ1) is 9.66. The van der Waals surface area contributed by atoms with Crippen molar-refractivity contribution in [2.24, 2.45) is 0 Å². The average Bonchev–Trinajstić information content (AvgIpc) is 2.85. The lowest BCUT2D eigenvalue weighted by atomic mass is 10.0. The van der Waals surface area contributed by atoms with Gasteiger partial charge in [-0.1, -0.05) is 58.4 Å². The standard InChI is InChI=1S/C16H14BrN3/c1-10-7-8-12(9-13(10)17)15-14(16(18)20-19-15)11-5-3-2-4-6-11/h2-9H,1H3,(H3,18,19,20). The molecule has 0 radical (unpaired) electrons. The Hall–Kier alpha value is -2.07. The van der Waals surface area contributed by atoms with Gasteiger partial charge in [-0.2, -0.15) is 5.10 Å². The fourth-order valence-corrected chi connectivity index (χ4v) is 2.59. The van der Waals surface area contributed by atoms with E-state index in [9.17, 15) is 0 Å². The number of nitrogen functional groups attached to an aromatic ring is 1. The van der Waals surface area contributed by atoms with Crippen molar-refractivity contribution in [1.82, 2.24) is 10.2 Å². The van der Waals surface area contributed by atoms with E-state index < -0.39 is 0 Å². The van der Waals surface area contributed by atoms with Crippen molar-refractivity contribution in [3.8, 4) is 22.4 Å². The van der Waals surface area contributed by atoms with Gasteiger partial charge < -0.3 is 5.73 Å². The van der Waals surface area contributed by atoms with Crippen molar-refractivity contribution in [2.45, 2.75) is 6.92 Å². The molecule has 0 bridgehead atoms. The summed E-state index contributed by atoms with van der Waals surface area (Å²) in [6, 6.07) is 16.3. The number of hydrogen-bond donors (Lipinski definition) is 2. The van der Waals surface area contributed by atoms with Gasteiger partial charge in [0.2, 0.25) is 0 Å². The summed E-state index contributed by atoms with van der Waals surface area (Å²) in [4.78, 5) is 0. The van der Waals surface area contributed by atoms with E-state index in [0.717, 1.165) is 26.9 Å². The maximum atomic E-state index is 6.02. The first kappa shape index (κ1) is 12.9. The highest BCUT2D eigenvalue weighted by Gasteiger charge is 2.14. The molecule has 3 N–H and O–H groups in total. The van der Waals surface area contributed by atoms with Crippen molar-refractivity contribution in [2.75, 3.05) is 5.73 Å². The second-order valence-corrected chi connectivity index (χ2v) is 5.54. The summed E-state index contributed by atoms with van der Waals surface area (Å²) in [6.07, 6.45) is 0. The van der Waals surface area contributed by atoms with Gasteiger partial charge in [0, 0.05) is 10.0 Å². The van der Waals surface area contributed by atoms with Gasteiger partial charge in [-0.3, -0.25) is 5.10 Å². The van der Waals surface area contributed by atoms with E-state index in [1.807, 2.05) is 30.3 Å². The lowest BCUT2D eigenvalue weighted by Gasteiger charge is -2.06. The highest BCUT2D eigenvalue weighted by molar-refractivity contribution is 9.10. The van der Waals surface area contributed by atoms with Crippen LogP contribution >= 0.6 is 15.9 Å². The Morgan fingerprint density at radius 1 is 1.05 bits per heavy atom. The molecule has 3 nitrogen and oxygen atoms in total. The summed E-state index contributed by atoms with van der Waals surface area (Å²) in [5, 5.41) is 7.20. The molecule has 2 aromatic carbocycles. The third-order valence-corrected chi connectivity index (χ3v) is 4.17. The smallest absolute Gasteiger partial charge is 0.153 e. The number of H-pyrrole nitrogens is 1. The van der Waals surface area contributed by atoms with Crippen LogP contribution in [0.2, 0.25) is 0 Å². The Kier molecular flexibility index (Phi) is 3.32. The fraction of sp³-hybridized carbons (Fsp3) is 0.0625. The number of aromatic nitrogens is 2. The van der Waals surface area contributed by atoms with E-state index >= 15 is 0 Å². The van der Waals surface area contributed by atoms with Crippen LogP contribution in [0.15, 0.2) is 53.0 Å². The number of rotatable bonds is 2. The van der Waals surface area contributed by atoms with E-state index in [4.69, 9.17) is 5.73 Å². The van der Waals surface area contributed by atoms with Crippen molar-refractivity contribution in [1.29, 1.82) is 0 Å². The number of nitrogens with one attached hydrogen (secondary N) is 1. The second-order valence-electron chi connectivity index (χ2n) is 4.69. The van der Waals surface area contributed by atoms with Crippen LogP contribution in [0.1, 0.15) is 5.56 Å². The average molecular weight is 328 g/mol. The van der Waals surface area contributed by atoms with Crippen LogP contribution in [-0.4, -0.2) is 10.2 Å². The van der Waals surface area contributed by atoms with Gasteiger partial charge in [0.25, 0.3) is 0 Å². The van der Waals surface area contributed by atoms with Crippen LogP contribution in [0, 0.1) is 6.92 Å². The number of nitrogens with zero attached hydrogens (tertiary/aromatic N) is 1. The molecular weight excluding hydrogens is 314 g/mol. The van der Waals surface area contributed by atoms with Gasteiger partial charge in [-0.15, -0.1) is 0 Å². The van der Waals surface area contributed by atoms with Crippen molar-refractivity contribution in [3.05, 3.63) is 58.6 Å². The maximum absolute atomic E-state index is 6.02. The first-order valence-corrected chi connectivity index (χ1v) is 7.12. The summed E-state index contributed by atoms with van der Waals surface area (Å²) >= 11 is 3.57. The normalized spacial score (nSPS) is 10.7. The maximum Gasteiger partial charge on any atom is 0.153 e. The van der Waals surface area contributed by atoms with Crippen LogP contribution < -0.4 is 5.73 Å². The summed E-state index contributed by atoms with van der Waals surface area (Å²) in [5.74, 6) is 0.517. The number of benzene rings is 2. The van der Waals surface area contributed by atoms with Crippen LogP contribution in [-0.2, 0) is 0 Å². The number of hydrogen-bond acceptors (Lipinski definition) is 2. The minimum absolute atomic E-state index is 0.517. The molecule has 3 rings (SSSR count). The van der Waals surface area contributed by atoms with Crippen LogP contribution in [0.4, 0.5) is 5.82 Å². The van der Waals surface area contributed by atoms with Crippen LogP contribution in [0.25, 0.3) is 22.4 Å². The predicted octanol–water partition coefficient (Wildman–Crippen LogP) is 4.40. The summed E-state index contributed by atoms with van der Waals surface area (Å²) < 4.78 is 1.07. The van der Waals surface area contributed by atoms with Gasteiger partial charge in [-0.25, -0.2) is 0 Å². The summed E-state index contributed by atoms with van der Waals surface area (Å²) in [5.41, 5.74) is 11.2. The topological polar surface area (TPSA) is 54.7 Å². The van der Waals surface area contributed by atoms with Gasteiger partial charge in [-0.05, 0) is 24.1 Å². The molecule has 0 amide bonds. The molecule has 1 heterocycles. The number of halogens is 1. The minimum atomic E-state index is 0.517. The van der Waals surface area contributed by atoms with Crippen LogP contribution in [0.3, 0.4) is 0 Å². The predicted molar refractivity (Wildman–Crippen MR) is 86.3 cm³/mol. The molecule has 3 aromatic rings. The Balaban J connectivity index is 2.18. The van der Waals surface area contributed by atoms with Gasteiger partial charge in [0.15, 0.2) is 5.82 Å². The molecule has 0 spiro atoms. The van der Waals surface area contributed by atoms with E-state index in [2.05, 4.69) is 51.3 Å². The lowest BCUT2D eigenvalue weighted by molar-refractivity contribution is 1.10. The zero-order valence-electron chi connectivity index (χ0n) is 11.0. The third-order valence-electron chi connectivity index (χ3n) is 3.32. The molecule has 0 saturated carbocycles. The number of anilines is 1. The highest BCUT2D eigenvalue weighted by Crippen LogP contribution is 2.35. The van der Waals surface area contributed by atoms with Crippen molar-refractivity contribution in [3.63, 3.8) is 0 Å². The molecule has 1 aromatic heterocycles. The monoisotopic (exact) mass is 327 g/mol. The fourth-order valence-electron chi connectivity index (χ4n) is 2.21. The Morgan fingerprint density at radius 2 is 1.80 bits per heavy atom. The Morgan fingerprint density at radius 3 is 2.50 bits per heavy atom. The van der Waals surface area contributed by atoms with E-state index in [1.165, 1.54) is 5.56 Å². The zero-order valence-corrected chi connectivity index (χ0v) is 12.6. The molecular formula is C16H14BrN3. The number of aromatic amines is 1. The molecule has 100 valence electrons. The summed E-state index contributed by atoms with van der Waals surface area (Å²) in [7, 11) is 0. The van der Waals surface area contributed by atoms with Gasteiger partial charge >= 0.3 is 0 Å². The minimum Gasteiger partial charge on any atom is -0.382 e. The molecule has 4 heteroatoms. The first-order valence-electron chi connectivity index (χ1n) is 6.32. The number of nitrogens with two attached hydrogens (primary N) is 1. The molecule has 20 heavy (non-hydrogen) atoms. The molecule has 0 aliphatic rings. The lowest BCUT2D eigenvalue weighted by Crippen LogP contribution is -1.89. The molecule has 0 saturated heterocycles. The summed E-state index contributed by atoms with van der Waals surface area (Å²) in [6.45, 7) is 2.06. The molecule has 0 atom stereocenters. The van der Waals surface area contributed by atoms with E-state index in [0.29, 0.717) is 5.82 Å². The molecule has 0 aliphatic carbocycles. The zero-order chi connectivity index (χ0) is 14.1. The second kappa shape index (κ2) is 5.13. The van der Waals surface area contributed by atoms with E-state index in [1.54, 1.807) is 0 Å². The molecule has 0 aliphatic heterocycles. The third kappa shape index (κ3) is 2.23. The Bertz CT molecular complexity index is 748. The number of aryl methyl sites for hydroxylation is 1. The van der Waals surface area contributed by atoms with E-state index in [-0.39, 0.29) is 0 Å². The SMILES string of the molecule is Cc1ccc(-c2[nH]nc(N)c2-c2ccccc2)cc1Br. The highest BCUT2D eigenvalue weighted by atomic mass is 79.9. The van der Waals surface area contributed by atoms with Crippen molar-refractivity contribution < 1.29 is 0 Å². The van der Waals surface area contributed by atoms with Crippen LogP contribution in [0.5, 0.6) is 0 Å². The Labute approximate surface area is 126 Å². The largest absolute Gasteiger partial charge is 0.382 e. The van der Waals surface area contributed by atoms with Crippen molar-refractivity contribution >= 4 is 21.7 Å². The quantitative estimate of drug-likeness (QED) is 0.733.